The van der Waals surface area contributed by atoms with Crippen molar-refractivity contribution in [3.63, 3.8) is 0 Å². The van der Waals surface area contributed by atoms with Gasteiger partial charge in [0.25, 0.3) is 5.91 Å². The average molecular weight is 337 g/mol. The van der Waals surface area contributed by atoms with Crippen molar-refractivity contribution in [3.8, 4) is 0 Å². The lowest BCUT2D eigenvalue weighted by Crippen LogP contribution is -2.23. The van der Waals surface area contributed by atoms with Crippen molar-refractivity contribution in [2.75, 3.05) is 14.1 Å². The molecule has 0 radical (unpaired) electrons. The van der Waals surface area contributed by atoms with Gasteiger partial charge < -0.3 is 4.90 Å². The van der Waals surface area contributed by atoms with E-state index in [1.165, 1.54) is 0 Å². The Morgan fingerprint density at radius 2 is 2.15 bits per heavy atom. The lowest BCUT2D eigenvalue weighted by Gasteiger charge is -2.09. The van der Waals surface area contributed by atoms with E-state index in [0.29, 0.717) is 12.1 Å². The molecule has 106 valence electrons. The lowest BCUT2D eigenvalue weighted by molar-refractivity contribution is 0.0820. The highest BCUT2D eigenvalue weighted by Crippen LogP contribution is 2.19. The van der Waals surface area contributed by atoms with E-state index in [9.17, 15) is 4.79 Å². The van der Waals surface area contributed by atoms with E-state index in [0.717, 1.165) is 22.3 Å². The summed E-state index contributed by atoms with van der Waals surface area (Å²) in [5.41, 5.74) is 2.46. The Balaban J connectivity index is 2.38. The van der Waals surface area contributed by atoms with Gasteiger partial charge in [0.05, 0.1) is 0 Å². The Kier molecular flexibility index (Phi) is 4.54. The minimum Gasteiger partial charge on any atom is -0.343 e. The normalized spacial score (nSPS) is 10.6. The topological polar surface area (TPSA) is 51.0 Å². The van der Waals surface area contributed by atoms with Gasteiger partial charge in [0, 0.05) is 45.0 Å². The maximum atomic E-state index is 12.2. The third-order valence-electron chi connectivity index (χ3n) is 2.99. The molecular weight excluding hydrogens is 320 g/mol. The highest BCUT2D eigenvalue weighted by atomic mass is 79.9. The van der Waals surface area contributed by atoms with Gasteiger partial charge in [-0.3, -0.25) is 9.48 Å². The number of hydrogen-bond acceptors (Lipinski definition) is 3. The van der Waals surface area contributed by atoms with Gasteiger partial charge in [0.15, 0.2) is 5.69 Å². The molecular formula is C14H17BrN4O. The largest absolute Gasteiger partial charge is 0.343 e. The molecule has 0 aliphatic rings. The maximum Gasteiger partial charge on any atom is 0.274 e. The minimum absolute atomic E-state index is 0.0767. The van der Waals surface area contributed by atoms with Gasteiger partial charge in [0.1, 0.15) is 4.60 Å². The van der Waals surface area contributed by atoms with E-state index in [1.54, 1.807) is 29.9 Å². The monoisotopic (exact) mass is 336 g/mol. The molecule has 0 bridgehead atoms. The van der Waals surface area contributed by atoms with Gasteiger partial charge in [-0.1, -0.05) is 6.07 Å². The van der Waals surface area contributed by atoms with Gasteiger partial charge in [-0.05, 0) is 34.5 Å². The van der Waals surface area contributed by atoms with Crippen LogP contribution in [0.25, 0.3) is 0 Å². The zero-order valence-electron chi connectivity index (χ0n) is 11.8. The van der Waals surface area contributed by atoms with Gasteiger partial charge in [-0.15, -0.1) is 0 Å². The van der Waals surface area contributed by atoms with Crippen LogP contribution < -0.4 is 0 Å². The predicted molar refractivity (Wildman–Crippen MR) is 80.7 cm³/mol. The highest BCUT2D eigenvalue weighted by molar-refractivity contribution is 9.10. The maximum absolute atomic E-state index is 12.2. The first-order valence-corrected chi connectivity index (χ1v) is 7.19. The van der Waals surface area contributed by atoms with Crippen LogP contribution in [-0.2, 0) is 13.0 Å². The van der Waals surface area contributed by atoms with Crippen molar-refractivity contribution in [2.24, 2.45) is 0 Å². The van der Waals surface area contributed by atoms with Crippen LogP contribution in [0.3, 0.4) is 0 Å². The molecule has 0 saturated carbocycles. The van der Waals surface area contributed by atoms with Crippen molar-refractivity contribution in [2.45, 2.75) is 19.9 Å². The summed E-state index contributed by atoms with van der Waals surface area (Å²) >= 11 is 3.43. The second-order valence-corrected chi connectivity index (χ2v) is 5.44. The number of hydrogen-bond donors (Lipinski definition) is 0. The van der Waals surface area contributed by atoms with Crippen LogP contribution in [0.2, 0.25) is 0 Å². The van der Waals surface area contributed by atoms with E-state index >= 15 is 0 Å². The van der Waals surface area contributed by atoms with Crippen LogP contribution in [0.15, 0.2) is 29.1 Å². The Labute approximate surface area is 126 Å². The van der Waals surface area contributed by atoms with Crippen LogP contribution in [0, 0.1) is 0 Å². The molecule has 0 aromatic carbocycles. The van der Waals surface area contributed by atoms with E-state index < -0.39 is 0 Å². The average Bonchev–Trinajstić information content (AvgIpc) is 2.83. The SMILES string of the molecule is CCn1cc(Cc2cccnc2Br)c(C(=O)N(C)C)n1. The van der Waals surface area contributed by atoms with E-state index in [4.69, 9.17) is 0 Å². The molecule has 0 fully saturated rings. The fourth-order valence-electron chi connectivity index (χ4n) is 1.90. The first-order chi connectivity index (χ1) is 9.52. The fourth-order valence-corrected chi connectivity index (χ4v) is 2.29. The Morgan fingerprint density at radius 1 is 1.40 bits per heavy atom. The summed E-state index contributed by atoms with van der Waals surface area (Å²) in [5.74, 6) is -0.0767. The molecule has 0 aliphatic heterocycles. The highest BCUT2D eigenvalue weighted by Gasteiger charge is 2.19. The van der Waals surface area contributed by atoms with Crippen LogP contribution in [0.5, 0.6) is 0 Å². The summed E-state index contributed by atoms with van der Waals surface area (Å²) in [4.78, 5) is 17.9. The second-order valence-electron chi connectivity index (χ2n) is 4.69. The van der Waals surface area contributed by atoms with E-state index in [2.05, 4.69) is 26.0 Å². The molecule has 20 heavy (non-hydrogen) atoms. The number of aryl methyl sites for hydroxylation is 1. The molecule has 2 aromatic rings. The lowest BCUT2D eigenvalue weighted by atomic mass is 10.1. The first-order valence-electron chi connectivity index (χ1n) is 6.40. The van der Waals surface area contributed by atoms with Crippen molar-refractivity contribution < 1.29 is 4.79 Å². The van der Waals surface area contributed by atoms with Crippen LogP contribution in [0.1, 0.15) is 28.5 Å². The summed E-state index contributed by atoms with van der Waals surface area (Å²) in [7, 11) is 3.47. The van der Waals surface area contributed by atoms with Gasteiger partial charge in [-0.2, -0.15) is 5.10 Å². The molecule has 2 rings (SSSR count). The van der Waals surface area contributed by atoms with Crippen molar-refractivity contribution in [1.29, 1.82) is 0 Å². The smallest absolute Gasteiger partial charge is 0.274 e. The molecule has 0 atom stereocenters. The molecule has 0 unspecified atom stereocenters. The summed E-state index contributed by atoms with van der Waals surface area (Å²) in [6, 6.07) is 3.88. The number of nitrogens with zero attached hydrogens (tertiary/aromatic N) is 4. The predicted octanol–water partition coefficient (Wildman–Crippen LogP) is 2.35. The van der Waals surface area contributed by atoms with Crippen LogP contribution >= 0.6 is 15.9 Å². The van der Waals surface area contributed by atoms with E-state index in [1.807, 2.05) is 25.3 Å². The first kappa shape index (κ1) is 14.7. The zero-order chi connectivity index (χ0) is 14.7. The molecule has 1 amide bonds. The number of rotatable bonds is 4. The van der Waals surface area contributed by atoms with Crippen LogP contribution in [0.4, 0.5) is 0 Å². The number of pyridine rings is 1. The summed E-state index contributed by atoms with van der Waals surface area (Å²) in [5, 5.41) is 4.37. The molecule has 2 heterocycles. The Bertz CT molecular complexity index is 621. The molecule has 0 N–H and O–H groups in total. The molecule has 0 aliphatic carbocycles. The number of carbonyl (C=O) groups is 1. The molecule has 6 heteroatoms. The molecule has 0 saturated heterocycles. The summed E-state index contributed by atoms with van der Waals surface area (Å²) in [6.45, 7) is 2.74. The van der Waals surface area contributed by atoms with E-state index in [-0.39, 0.29) is 5.91 Å². The molecule has 0 spiro atoms. The fraction of sp³-hybridized carbons (Fsp3) is 0.357. The van der Waals surface area contributed by atoms with Gasteiger partial charge in [-0.25, -0.2) is 4.98 Å². The third-order valence-corrected chi connectivity index (χ3v) is 3.70. The van der Waals surface area contributed by atoms with Gasteiger partial charge >= 0.3 is 0 Å². The summed E-state index contributed by atoms with van der Waals surface area (Å²) in [6.07, 6.45) is 4.29. The summed E-state index contributed by atoms with van der Waals surface area (Å²) < 4.78 is 2.59. The van der Waals surface area contributed by atoms with Gasteiger partial charge in [0.2, 0.25) is 0 Å². The number of aromatic nitrogens is 3. The Morgan fingerprint density at radius 3 is 2.75 bits per heavy atom. The van der Waals surface area contributed by atoms with Crippen molar-refractivity contribution in [3.05, 3.63) is 46.0 Å². The number of carbonyl (C=O) groups excluding carboxylic acids is 1. The Hall–Kier alpha value is -1.69. The second kappa shape index (κ2) is 6.17. The standard InChI is InChI=1S/C14H17BrN4O/c1-4-19-9-11(12(17-19)14(20)18(2)3)8-10-6-5-7-16-13(10)15/h5-7,9H,4,8H2,1-3H3. The quantitative estimate of drug-likeness (QED) is 0.805. The van der Waals surface area contributed by atoms with Crippen molar-refractivity contribution in [1.82, 2.24) is 19.7 Å². The zero-order valence-corrected chi connectivity index (χ0v) is 13.4. The van der Waals surface area contributed by atoms with Crippen LogP contribution in [-0.4, -0.2) is 39.7 Å². The van der Waals surface area contributed by atoms with Crippen molar-refractivity contribution >= 4 is 21.8 Å². The molecule has 2 aromatic heterocycles. The number of amides is 1. The third kappa shape index (κ3) is 3.07. The minimum atomic E-state index is -0.0767. The number of halogens is 1. The molecule has 5 nitrogen and oxygen atoms in total.